The monoisotopic (exact) mass is 578 g/mol. The standard InChI is InChI=1S/C34H33F3O5/c1-31(2,25-9-5-3-6-10-25)41-28-16-24(13-14-27(28)34(35,36)37)29(38)42-33-19-22-15-23(20-33)18-32(17-22,21-33)30(39)40-26-11-7-4-8-12-26/h3-14,16,22-23H,15,17-21H2,1-2H3. The van der Waals surface area contributed by atoms with Crippen molar-refractivity contribution in [2.75, 3.05) is 0 Å². The van der Waals surface area contributed by atoms with Crippen LogP contribution in [0.1, 0.15) is 73.9 Å². The minimum atomic E-state index is -4.68. The number of benzene rings is 3. The maximum atomic E-state index is 14.0. The van der Waals surface area contributed by atoms with E-state index in [0.717, 1.165) is 24.6 Å². The maximum absolute atomic E-state index is 14.0. The van der Waals surface area contributed by atoms with Crippen LogP contribution in [0.4, 0.5) is 13.2 Å². The average molecular weight is 579 g/mol. The summed E-state index contributed by atoms with van der Waals surface area (Å²) in [7, 11) is 0. The van der Waals surface area contributed by atoms with E-state index in [1.165, 1.54) is 0 Å². The van der Waals surface area contributed by atoms with E-state index >= 15 is 0 Å². The molecule has 0 amide bonds. The van der Waals surface area contributed by atoms with Gasteiger partial charge in [0.2, 0.25) is 0 Å². The van der Waals surface area contributed by atoms with E-state index in [-0.39, 0.29) is 23.4 Å². The summed E-state index contributed by atoms with van der Waals surface area (Å²) in [6.07, 6.45) is -0.762. The quantitative estimate of drug-likeness (QED) is 0.209. The highest BCUT2D eigenvalue weighted by Gasteiger charge is 2.63. The first-order valence-electron chi connectivity index (χ1n) is 14.3. The van der Waals surface area contributed by atoms with E-state index in [2.05, 4.69) is 0 Å². The Morgan fingerprint density at radius 3 is 2.07 bits per heavy atom. The lowest BCUT2D eigenvalue weighted by Crippen LogP contribution is -2.60. The number of para-hydroxylation sites is 1. The van der Waals surface area contributed by atoms with Crippen molar-refractivity contribution in [3.8, 4) is 11.5 Å². The van der Waals surface area contributed by atoms with Crippen LogP contribution < -0.4 is 9.47 Å². The predicted octanol–water partition coefficient (Wildman–Crippen LogP) is 8.12. The van der Waals surface area contributed by atoms with Gasteiger partial charge >= 0.3 is 18.1 Å². The molecule has 220 valence electrons. The molecule has 0 aromatic heterocycles. The number of carbonyl (C=O) groups excluding carboxylic acids is 2. The van der Waals surface area contributed by atoms with Gasteiger partial charge in [0.25, 0.3) is 0 Å². The molecule has 0 heterocycles. The molecule has 4 aliphatic carbocycles. The number of ether oxygens (including phenoxy) is 3. The number of alkyl halides is 3. The summed E-state index contributed by atoms with van der Waals surface area (Å²) in [4.78, 5) is 27.1. The molecular formula is C34H33F3O5. The number of esters is 2. The second-order valence-corrected chi connectivity index (χ2v) is 12.7. The van der Waals surface area contributed by atoms with Crippen molar-refractivity contribution < 1.29 is 37.0 Å². The van der Waals surface area contributed by atoms with Crippen LogP contribution in [0.3, 0.4) is 0 Å². The van der Waals surface area contributed by atoms with Gasteiger partial charge in [0.05, 0.1) is 16.5 Å². The fourth-order valence-corrected chi connectivity index (χ4v) is 7.64. The number of rotatable bonds is 7. The van der Waals surface area contributed by atoms with Gasteiger partial charge in [0, 0.05) is 6.42 Å². The van der Waals surface area contributed by atoms with Gasteiger partial charge in [-0.3, -0.25) is 4.79 Å². The zero-order valence-electron chi connectivity index (χ0n) is 23.6. The van der Waals surface area contributed by atoms with Crippen molar-refractivity contribution in [3.05, 3.63) is 95.6 Å². The van der Waals surface area contributed by atoms with Gasteiger partial charge in [-0.05, 0) is 93.7 Å². The van der Waals surface area contributed by atoms with Crippen LogP contribution in [-0.2, 0) is 21.3 Å². The van der Waals surface area contributed by atoms with Gasteiger partial charge < -0.3 is 14.2 Å². The van der Waals surface area contributed by atoms with Crippen LogP contribution in [0.5, 0.6) is 11.5 Å². The lowest BCUT2D eigenvalue weighted by atomic mass is 9.48. The lowest BCUT2D eigenvalue weighted by molar-refractivity contribution is -0.189. The van der Waals surface area contributed by atoms with E-state index < -0.39 is 40.1 Å². The molecule has 2 unspecified atom stereocenters. The first-order valence-corrected chi connectivity index (χ1v) is 14.3. The van der Waals surface area contributed by atoms with Crippen LogP contribution in [0, 0.1) is 17.3 Å². The summed E-state index contributed by atoms with van der Waals surface area (Å²) in [6.45, 7) is 3.35. The van der Waals surface area contributed by atoms with Gasteiger partial charge in [-0.1, -0.05) is 48.5 Å². The molecule has 3 aromatic rings. The van der Waals surface area contributed by atoms with Gasteiger partial charge in [-0.2, -0.15) is 13.2 Å². The Kier molecular flexibility index (Phi) is 6.86. The highest BCUT2D eigenvalue weighted by atomic mass is 19.4. The zero-order valence-corrected chi connectivity index (χ0v) is 23.6. The summed E-state index contributed by atoms with van der Waals surface area (Å²) in [5.74, 6) is -0.587. The van der Waals surface area contributed by atoms with Crippen molar-refractivity contribution in [2.45, 2.75) is 69.8 Å². The molecule has 2 atom stereocenters. The zero-order chi connectivity index (χ0) is 29.8. The number of hydrogen-bond donors (Lipinski definition) is 0. The second-order valence-electron chi connectivity index (χ2n) is 12.7. The van der Waals surface area contributed by atoms with Gasteiger partial charge in [-0.25, -0.2) is 4.79 Å². The molecule has 42 heavy (non-hydrogen) atoms. The molecular weight excluding hydrogens is 545 g/mol. The van der Waals surface area contributed by atoms with Gasteiger partial charge in [-0.15, -0.1) is 0 Å². The maximum Gasteiger partial charge on any atom is 0.419 e. The Hall–Kier alpha value is -3.81. The summed E-state index contributed by atoms with van der Waals surface area (Å²) >= 11 is 0. The molecule has 0 saturated heterocycles. The molecule has 7 rings (SSSR count). The molecule has 5 nitrogen and oxygen atoms in total. The molecule has 4 fully saturated rings. The summed E-state index contributed by atoms with van der Waals surface area (Å²) < 4.78 is 59.8. The molecule has 8 heteroatoms. The van der Waals surface area contributed by atoms with Crippen molar-refractivity contribution >= 4 is 11.9 Å². The summed E-state index contributed by atoms with van der Waals surface area (Å²) in [5, 5.41) is 0. The third-order valence-electron chi connectivity index (χ3n) is 9.06. The van der Waals surface area contributed by atoms with Crippen LogP contribution in [0.2, 0.25) is 0 Å². The third-order valence-corrected chi connectivity index (χ3v) is 9.06. The van der Waals surface area contributed by atoms with Crippen molar-refractivity contribution in [1.29, 1.82) is 0 Å². The number of carbonyl (C=O) groups is 2. The number of hydrogen-bond acceptors (Lipinski definition) is 5. The van der Waals surface area contributed by atoms with Gasteiger partial charge in [0.15, 0.2) is 0 Å². The van der Waals surface area contributed by atoms with Gasteiger partial charge in [0.1, 0.15) is 22.7 Å². The average Bonchev–Trinajstić information content (AvgIpc) is 2.92. The topological polar surface area (TPSA) is 61.8 Å². The normalized spacial score (nSPS) is 26.5. The van der Waals surface area contributed by atoms with Crippen LogP contribution >= 0.6 is 0 Å². The van der Waals surface area contributed by atoms with E-state index in [0.29, 0.717) is 43.4 Å². The molecule has 4 bridgehead atoms. The Bertz CT molecular complexity index is 1470. The van der Waals surface area contributed by atoms with Crippen molar-refractivity contribution in [2.24, 2.45) is 17.3 Å². The molecule has 4 aliphatic rings. The van der Waals surface area contributed by atoms with Crippen LogP contribution in [0.25, 0.3) is 0 Å². The van der Waals surface area contributed by atoms with E-state index in [1.807, 2.05) is 12.1 Å². The fraction of sp³-hybridized carbons (Fsp3) is 0.412. The molecule has 3 aromatic carbocycles. The van der Waals surface area contributed by atoms with E-state index in [1.54, 1.807) is 62.4 Å². The number of halogens is 3. The minimum Gasteiger partial charge on any atom is -0.483 e. The molecule has 4 saturated carbocycles. The largest absolute Gasteiger partial charge is 0.483 e. The summed E-state index contributed by atoms with van der Waals surface area (Å²) in [6, 6.07) is 21.0. The smallest absolute Gasteiger partial charge is 0.419 e. The Morgan fingerprint density at radius 1 is 0.833 bits per heavy atom. The summed E-state index contributed by atoms with van der Waals surface area (Å²) in [5.41, 5.74) is -3.04. The highest BCUT2D eigenvalue weighted by molar-refractivity contribution is 5.90. The van der Waals surface area contributed by atoms with Crippen molar-refractivity contribution in [3.63, 3.8) is 0 Å². The lowest BCUT2D eigenvalue weighted by Gasteiger charge is -2.59. The van der Waals surface area contributed by atoms with Crippen LogP contribution in [-0.4, -0.2) is 17.5 Å². The predicted molar refractivity (Wildman–Crippen MR) is 149 cm³/mol. The molecule has 0 N–H and O–H groups in total. The van der Waals surface area contributed by atoms with Crippen molar-refractivity contribution in [1.82, 2.24) is 0 Å². The molecule has 0 aliphatic heterocycles. The second kappa shape index (κ2) is 10.2. The van der Waals surface area contributed by atoms with E-state index in [9.17, 15) is 22.8 Å². The molecule has 0 spiro atoms. The van der Waals surface area contributed by atoms with E-state index in [4.69, 9.17) is 14.2 Å². The Morgan fingerprint density at radius 2 is 1.45 bits per heavy atom. The SMILES string of the molecule is CC(C)(Oc1cc(C(=O)OC23CC4CC(C2)CC(C(=O)Oc2ccccc2)(C4)C3)ccc1C(F)(F)F)c1ccccc1. The fourth-order valence-electron chi connectivity index (χ4n) is 7.64. The first-order chi connectivity index (χ1) is 19.9. The Labute approximate surface area is 243 Å². The minimum absolute atomic E-state index is 0.0291. The first kappa shape index (κ1) is 28.3. The highest BCUT2D eigenvalue weighted by Crippen LogP contribution is 2.63. The molecule has 0 radical (unpaired) electrons. The third kappa shape index (κ3) is 5.39. The van der Waals surface area contributed by atoms with Crippen LogP contribution in [0.15, 0.2) is 78.9 Å². The Balaban J connectivity index is 1.26.